The van der Waals surface area contributed by atoms with Crippen molar-refractivity contribution in [3.05, 3.63) is 35.4 Å². The van der Waals surface area contributed by atoms with E-state index in [-0.39, 0.29) is 5.41 Å². The number of ketones is 1. The molecule has 1 N–H and O–H groups in total. The van der Waals surface area contributed by atoms with Crippen molar-refractivity contribution in [3.8, 4) is 0 Å². The average Bonchev–Trinajstić information content (AvgIpc) is 2.98. The summed E-state index contributed by atoms with van der Waals surface area (Å²) in [6.07, 6.45) is 5.32. The molecule has 2 unspecified atom stereocenters. The van der Waals surface area contributed by atoms with E-state index in [0.717, 1.165) is 25.9 Å². The zero-order valence-electron chi connectivity index (χ0n) is 13.3. The smallest absolute Gasteiger partial charge is 0.141 e. The van der Waals surface area contributed by atoms with Gasteiger partial charge in [-0.1, -0.05) is 38.1 Å². The van der Waals surface area contributed by atoms with Crippen molar-refractivity contribution < 1.29 is 4.79 Å². The molecule has 1 saturated heterocycles. The van der Waals surface area contributed by atoms with Gasteiger partial charge in [0.1, 0.15) is 5.78 Å². The number of benzene rings is 1. The van der Waals surface area contributed by atoms with Crippen LogP contribution in [0.15, 0.2) is 24.3 Å². The lowest BCUT2D eigenvalue weighted by Crippen LogP contribution is -2.39. The summed E-state index contributed by atoms with van der Waals surface area (Å²) in [5, 5.41) is 3.41. The van der Waals surface area contributed by atoms with Crippen molar-refractivity contribution >= 4 is 5.78 Å². The summed E-state index contributed by atoms with van der Waals surface area (Å²) in [5.41, 5.74) is 2.78. The normalized spacial score (nSPS) is 28.6. The Morgan fingerprint density at radius 3 is 2.90 bits per heavy atom. The highest BCUT2D eigenvalue weighted by atomic mass is 16.1. The number of Topliss-reactive ketones (excluding diaryl/α,β-unsaturated/α-hetero) is 1. The fourth-order valence-corrected chi connectivity index (χ4v) is 4.26. The maximum absolute atomic E-state index is 13.0. The molecule has 1 heterocycles. The third-order valence-corrected chi connectivity index (χ3v) is 5.77. The van der Waals surface area contributed by atoms with Crippen LogP contribution in [-0.4, -0.2) is 18.9 Å². The van der Waals surface area contributed by atoms with Crippen LogP contribution >= 0.6 is 0 Å². The molecule has 0 saturated carbocycles. The summed E-state index contributed by atoms with van der Waals surface area (Å²) in [6, 6.07) is 8.72. The number of hydrogen-bond acceptors (Lipinski definition) is 2. The Morgan fingerprint density at radius 1 is 1.38 bits per heavy atom. The van der Waals surface area contributed by atoms with Crippen LogP contribution < -0.4 is 5.32 Å². The first-order valence-electron chi connectivity index (χ1n) is 8.45. The Hall–Kier alpha value is -1.15. The average molecular weight is 285 g/mol. The molecule has 0 spiro atoms. The molecule has 1 aliphatic carbocycles. The molecular weight excluding hydrogens is 258 g/mol. The quantitative estimate of drug-likeness (QED) is 0.914. The predicted molar refractivity (Wildman–Crippen MR) is 86.5 cm³/mol. The van der Waals surface area contributed by atoms with E-state index in [2.05, 4.69) is 43.4 Å². The Kier molecular flexibility index (Phi) is 4.17. The van der Waals surface area contributed by atoms with E-state index >= 15 is 0 Å². The topological polar surface area (TPSA) is 29.1 Å². The maximum atomic E-state index is 13.0. The third kappa shape index (κ3) is 2.66. The zero-order chi connectivity index (χ0) is 14.9. The van der Waals surface area contributed by atoms with E-state index in [4.69, 9.17) is 0 Å². The van der Waals surface area contributed by atoms with Gasteiger partial charge in [0.2, 0.25) is 0 Å². The van der Waals surface area contributed by atoms with E-state index in [1.807, 2.05) is 0 Å². The molecule has 1 aromatic carbocycles. The molecule has 3 rings (SSSR count). The van der Waals surface area contributed by atoms with Gasteiger partial charge in [0.05, 0.1) is 0 Å². The van der Waals surface area contributed by atoms with Gasteiger partial charge in [-0.25, -0.2) is 0 Å². The maximum Gasteiger partial charge on any atom is 0.141 e. The summed E-state index contributed by atoms with van der Waals surface area (Å²) >= 11 is 0. The monoisotopic (exact) mass is 285 g/mol. The molecule has 2 nitrogen and oxygen atoms in total. The van der Waals surface area contributed by atoms with Crippen LogP contribution in [0.3, 0.4) is 0 Å². The largest absolute Gasteiger partial charge is 0.316 e. The summed E-state index contributed by atoms with van der Waals surface area (Å²) in [7, 11) is 0. The first-order valence-corrected chi connectivity index (χ1v) is 8.45. The van der Waals surface area contributed by atoms with Gasteiger partial charge in [-0.15, -0.1) is 0 Å². The van der Waals surface area contributed by atoms with Crippen LogP contribution in [-0.2, 0) is 11.2 Å². The van der Waals surface area contributed by atoms with Gasteiger partial charge in [-0.05, 0) is 55.2 Å². The van der Waals surface area contributed by atoms with Gasteiger partial charge >= 0.3 is 0 Å². The number of rotatable bonds is 4. The van der Waals surface area contributed by atoms with Crippen LogP contribution in [0.4, 0.5) is 0 Å². The molecule has 1 aliphatic heterocycles. The Balaban J connectivity index is 1.79. The highest BCUT2D eigenvalue weighted by Gasteiger charge is 2.44. The summed E-state index contributed by atoms with van der Waals surface area (Å²) < 4.78 is 0. The Bertz CT molecular complexity index is 514. The van der Waals surface area contributed by atoms with E-state index in [1.165, 1.54) is 30.4 Å². The number of hydrogen-bond donors (Lipinski definition) is 1. The fraction of sp³-hybridized carbons (Fsp3) is 0.632. The second-order valence-corrected chi connectivity index (χ2v) is 7.15. The molecule has 2 aliphatic rings. The van der Waals surface area contributed by atoms with Crippen molar-refractivity contribution in [2.75, 3.05) is 13.1 Å². The summed E-state index contributed by atoms with van der Waals surface area (Å²) in [6.45, 7) is 6.28. The van der Waals surface area contributed by atoms with E-state index < -0.39 is 0 Å². The summed E-state index contributed by atoms with van der Waals surface area (Å²) in [5.74, 6) is 1.36. The predicted octanol–water partition coefficient (Wildman–Crippen LogP) is 3.70. The molecule has 2 heteroatoms. The van der Waals surface area contributed by atoms with Crippen LogP contribution in [0, 0.1) is 11.3 Å². The van der Waals surface area contributed by atoms with E-state index in [0.29, 0.717) is 17.6 Å². The minimum atomic E-state index is -0.119. The second kappa shape index (κ2) is 5.92. The van der Waals surface area contributed by atoms with E-state index in [9.17, 15) is 4.79 Å². The lowest BCUT2D eigenvalue weighted by Gasteiger charge is -2.34. The number of aryl methyl sites for hydroxylation is 1. The lowest BCUT2D eigenvalue weighted by molar-refractivity contribution is -0.130. The first kappa shape index (κ1) is 14.8. The van der Waals surface area contributed by atoms with Crippen molar-refractivity contribution in [1.82, 2.24) is 5.32 Å². The molecule has 1 fully saturated rings. The summed E-state index contributed by atoms with van der Waals surface area (Å²) in [4.78, 5) is 13.0. The van der Waals surface area contributed by atoms with Crippen molar-refractivity contribution in [3.63, 3.8) is 0 Å². The van der Waals surface area contributed by atoms with Gasteiger partial charge in [0, 0.05) is 18.4 Å². The van der Waals surface area contributed by atoms with Crippen LogP contribution in [0.5, 0.6) is 0 Å². The molecule has 2 atom stereocenters. The van der Waals surface area contributed by atoms with Gasteiger partial charge in [0.25, 0.3) is 0 Å². The molecule has 0 aromatic heterocycles. The molecule has 1 aromatic rings. The minimum Gasteiger partial charge on any atom is -0.316 e. The molecule has 0 bridgehead atoms. The Morgan fingerprint density at radius 2 is 2.19 bits per heavy atom. The standard InChI is InChI=1S/C19H27NO/c1-14(2)19(10-11-20-13-19)18(21)12-16-8-5-7-15-6-3-4-9-17(15)16/h3-4,6,9,14,16,20H,5,7-8,10-13H2,1-2H3. The third-order valence-electron chi connectivity index (χ3n) is 5.77. The fourth-order valence-electron chi connectivity index (χ4n) is 4.26. The van der Waals surface area contributed by atoms with Crippen molar-refractivity contribution in [2.45, 2.75) is 51.9 Å². The molecule has 0 radical (unpaired) electrons. The van der Waals surface area contributed by atoms with E-state index in [1.54, 1.807) is 0 Å². The Labute approximate surface area is 128 Å². The highest BCUT2D eigenvalue weighted by Crippen LogP contribution is 2.41. The number of carbonyl (C=O) groups is 1. The van der Waals surface area contributed by atoms with Crippen LogP contribution in [0.1, 0.15) is 56.6 Å². The first-order chi connectivity index (χ1) is 10.1. The van der Waals surface area contributed by atoms with Crippen LogP contribution in [0.2, 0.25) is 0 Å². The molecule has 21 heavy (non-hydrogen) atoms. The minimum absolute atomic E-state index is 0.119. The highest BCUT2D eigenvalue weighted by molar-refractivity contribution is 5.86. The number of carbonyl (C=O) groups excluding carboxylic acids is 1. The van der Waals surface area contributed by atoms with Crippen molar-refractivity contribution in [1.29, 1.82) is 0 Å². The SMILES string of the molecule is CC(C)C1(C(=O)CC2CCCc3ccccc32)CCNC1. The van der Waals surface area contributed by atoms with Gasteiger partial charge in [-0.3, -0.25) is 4.79 Å². The number of fused-ring (bicyclic) bond motifs is 1. The van der Waals surface area contributed by atoms with Gasteiger partial charge < -0.3 is 5.32 Å². The van der Waals surface area contributed by atoms with Crippen LogP contribution in [0.25, 0.3) is 0 Å². The second-order valence-electron chi connectivity index (χ2n) is 7.15. The molecule has 0 amide bonds. The number of nitrogens with one attached hydrogen (secondary N) is 1. The molecular formula is C19H27NO. The molecule has 114 valence electrons. The van der Waals surface area contributed by atoms with Gasteiger partial charge in [-0.2, -0.15) is 0 Å². The van der Waals surface area contributed by atoms with Gasteiger partial charge in [0.15, 0.2) is 0 Å². The lowest BCUT2D eigenvalue weighted by atomic mass is 9.69. The van der Waals surface area contributed by atoms with Crippen molar-refractivity contribution in [2.24, 2.45) is 11.3 Å². The zero-order valence-corrected chi connectivity index (χ0v) is 13.3.